The number of anilines is 1. The number of esters is 1. The number of aryl methyl sites for hydroxylation is 2. The quantitative estimate of drug-likeness (QED) is 0.816. The van der Waals surface area contributed by atoms with Crippen molar-refractivity contribution in [2.24, 2.45) is 0 Å². The molecule has 2 heterocycles. The lowest BCUT2D eigenvalue weighted by molar-refractivity contribution is -0.141. The standard InChI is InChI=1S/C18H19NO4/c1-11-6-4-7-12(2)16(11)19(14-10-13(3)23-18(14)21)17(20)15-8-5-9-22-15/h4-9,13-14H,10H2,1-3H3. The third kappa shape index (κ3) is 2.74. The third-order valence-corrected chi connectivity index (χ3v) is 4.09. The SMILES string of the molecule is Cc1cccc(C)c1N(C(=O)c1ccco1)C1CC(C)OC1=O. The first kappa shape index (κ1) is 15.3. The molecule has 0 aliphatic carbocycles. The molecule has 1 aliphatic heterocycles. The van der Waals surface area contributed by atoms with Gasteiger partial charge in [-0.2, -0.15) is 0 Å². The van der Waals surface area contributed by atoms with E-state index in [1.807, 2.05) is 39.0 Å². The molecule has 5 heteroatoms. The van der Waals surface area contributed by atoms with Crippen LogP contribution in [0.25, 0.3) is 0 Å². The van der Waals surface area contributed by atoms with Crippen LogP contribution in [-0.2, 0) is 9.53 Å². The first-order valence-electron chi connectivity index (χ1n) is 7.63. The summed E-state index contributed by atoms with van der Waals surface area (Å²) in [6, 6.07) is 8.41. The summed E-state index contributed by atoms with van der Waals surface area (Å²) in [6.07, 6.45) is 1.72. The van der Waals surface area contributed by atoms with Crippen molar-refractivity contribution in [3.8, 4) is 0 Å². The highest BCUT2D eigenvalue weighted by Gasteiger charge is 2.41. The van der Waals surface area contributed by atoms with Gasteiger partial charge in [-0.25, -0.2) is 4.79 Å². The molecule has 1 aliphatic rings. The molecule has 1 aromatic heterocycles. The molecule has 0 N–H and O–H groups in total. The minimum Gasteiger partial charge on any atom is -0.461 e. The van der Waals surface area contributed by atoms with Crippen LogP contribution in [0, 0.1) is 13.8 Å². The van der Waals surface area contributed by atoms with Crippen molar-refractivity contribution in [2.75, 3.05) is 4.90 Å². The maximum absolute atomic E-state index is 13.0. The van der Waals surface area contributed by atoms with Gasteiger partial charge in [0.2, 0.25) is 0 Å². The van der Waals surface area contributed by atoms with Gasteiger partial charge >= 0.3 is 5.97 Å². The second-order valence-corrected chi connectivity index (χ2v) is 5.89. The van der Waals surface area contributed by atoms with Crippen LogP contribution in [0.3, 0.4) is 0 Å². The van der Waals surface area contributed by atoms with Crippen LogP contribution in [0.4, 0.5) is 5.69 Å². The van der Waals surface area contributed by atoms with Crippen LogP contribution in [0.5, 0.6) is 0 Å². The Balaban J connectivity index is 2.11. The number of cyclic esters (lactones) is 1. The topological polar surface area (TPSA) is 59.8 Å². The molecule has 2 unspecified atom stereocenters. The molecule has 0 radical (unpaired) electrons. The predicted octanol–water partition coefficient (Wildman–Crippen LogP) is 3.25. The molecule has 120 valence electrons. The van der Waals surface area contributed by atoms with Gasteiger partial charge in [0.15, 0.2) is 5.76 Å². The Morgan fingerprint density at radius 2 is 1.87 bits per heavy atom. The second-order valence-electron chi connectivity index (χ2n) is 5.89. The first-order chi connectivity index (χ1) is 11.0. The number of carbonyl (C=O) groups excluding carboxylic acids is 2. The summed E-state index contributed by atoms with van der Waals surface area (Å²) >= 11 is 0. The summed E-state index contributed by atoms with van der Waals surface area (Å²) in [7, 11) is 0. The minimum atomic E-state index is -0.637. The fourth-order valence-corrected chi connectivity index (χ4v) is 3.05. The average Bonchev–Trinajstić information content (AvgIpc) is 3.12. The van der Waals surface area contributed by atoms with Gasteiger partial charge in [-0.15, -0.1) is 0 Å². The van der Waals surface area contributed by atoms with Crippen molar-refractivity contribution in [1.82, 2.24) is 0 Å². The van der Waals surface area contributed by atoms with Gasteiger partial charge < -0.3 is 9.15 Å². The van der Waals surface area contributed by atoms with Gasteiger partial charge in [0, 0.05) is 6.42 Å². The molecule has 1 saturated heterocycles. The van der Waals surface area contributed by atoms with Crippen LogP contribution in [0.15, 0.2) is 41.0 Å². The largest absolute Gasteiger partial charge is 0.461 e. The summed E-state index contributed by atoms with van der Waals surface area (Å²) in [5, 5.41) is 0. The molecule has 2 atom stereocenters. The van der Waals surface area contributed by atoms with E-state index in [1.54, 1.807) is 12.1 Å². The molecule has 0 saturated carbocycles. The molecule has 2 aromatic rings. The molecule has 0 bridgehead atoms. The molecule has 0 spiro atoms. The molecule has 5 nitrogen and oxygen atoms in total. The molecular weight excluding hydrogens is 294 g/mol. The Kier molecular flexibility index (Phi) is 3.94. The van der Waals surface area contributed by atoms with E-state index in [9.17, 15) is 9.59 Å². The van der Waals surface area contributed by atoms with Gasteiger partial charge in [-0.1, -0.05) is 18.2 Å². The number of nitrogens with zero attached hydrogens (tertiary/aromatic N) is 1. The zero-order chi connectivity index (χ0) is 16.6. The Bertz CT molecular complexity index is 715. The number of benzene rings is 1. The Labute approximate surface area is 134 Å². The summed E-state index contributed by atoms with van der Waals surface area (Å²) < 4.78 is 10.5. The smallest absolute Gasteiger partial charge is 0.329 e. The van der Waals surface area contributed by atoms with Crippen LogP contribution >= 0.6 is 0 Å². The van der Waals surface area contributed by atoms with Crippen molar-refractivity contribution < 1.29 is 18.7 Å². The lowest BCUT2D eigenvalue weighted by Crippen LogP contribution is -2.44. The van der Waals surface area contributed by atoms with E-state index in [2.05, 4.69) is 0 Å². The number of furan rings is 1. The van der Waals surface area contributed by atoms with Crippen molar-refractivity contribution >= 4 is 17.6 Å². The number of rotatable bonds is 3. The Morgan fingerprint density at radius 3 is 2.39 bits per heavy atom. The molecule has 23 heavy (non-hydrogen) atoms. The van der Waals surface area contributed by atoms with Crippen molar-refractivity contribution in [2.45, 2.75) is 39.3 Å². The van der Waals surface area contributed by atoms with Crippen molar-refractivity contribution in [1.29, 1.82) is 0 Å². The normalized spacial score (nSPS) is 20.4. The van der Waals surface area contributed by atoms with E-state index in [4.69, 9.17) is 9.15 Å². The first-order valence-corrected chi connectivity index (χ1v) is 7.63. The molecule has 1 amide bonds. The second kappa shape index (κ2) is 5.91. The molecule has 1 fully saturated rings. The number of ether oxygens (including phenoxy) is 1. The number of hydrogen-bond acceptors (Lipinski definition) is 4. The number of carbonyl (C=O) groups is 2. The molecule has 1 aromatic carbocycles. The van der Waals surface area contributed by atoms with Crippen molar-refractivity contribution in [3.63, 3.8) is 0 Å². The van der Waals surface area contributed by atoms with Crippen LogP contribution in [0.1, 0.15) is 35.0 Å². The van der Waals surface area contributed by atoms with Gasteiger partial charge in [-0.3, -0.25) is 9.69 Å². The maximum atomic E-state index is 13.0. The molecule has 3 rings (SSSR count). The summed E-state index contributed by atoms with van der Waals surface area (Å²) in [5.74, 6) is -0.497. The van der Waals surface area contributed by atoms with E-state index in [0.717, 1.165) is 16.8 Å². The van der Waals surface area contributed by atoms with E-state index >= 15 is 0 Å². The number of hydrogen-bond donors (Lipinski definition) is 0. The van der Waals surface area contributed by atoms with E-state index in [0.29, 0.717) is 6.42 Å². The lowest BCUT2D eigenvalue weighted by atomic mass is 10.0. The summed E-state index contributed by atoms with van der Waals surface area (Å²) in [6.45, 7) is 5.68. The average molecular weight is 313 g/mol. The van der Waals surface area contributed by atoms with Gasteiger partial charge in [0.05, 0.1) is 12.0 Å². The van der Waals surface area contributed by atoms with Crippen LogP contribution < -0.4 is 4.90 Å². The van der Waals surface area contributed by atoms with Gasteiger partial charge in [0.1, 0.15) is 12.1 Å². The fourth-order valence-electron chi connectivity index (χ4n) is 3.05. The van der Waals surface area contributed by atoms with E-state index in [-0.39, 0.29) is 23.7 Å². The third-order valence-electron chi connectivity index (χ3n) is 4.09. The van der Waals surface area contributed by atoms with Gasteiger partial charge in [0.25, 0.3) is 5.91 Å². The van der Waals surface area contributed by atoms with Crippen LogP contribution in [-0.4, -0.2) is 24.0 Å². The Morgan fingerprint density at radius 1 is 1.17 bits per heavy atom. The Hall–Kier alpha value is -2.56. The highest BCUT2D eigenvalue weighted by molar-refractivity contribution is 6.09. The summed E-state index contributed by atoms with van der Waals surface area (Å²) in [4.78, 5) is 26.7. The molecular formula is C18H19NO4. The van der Waals surface area contributed by atoms with E-state index in [1.165, 1.54) is 11.2 Å². The minimum absolute atomic E-state index is 0.205. The van der Waals surface area contributed by atoms with Gasteiger partial charge in [-0.05, 0) is 44.0 Å². The zero-order valence-corrected chi connectivity index (χ0v) is 13.4. The monoisotopic (exact) mass is 313 g/mol. The lowest BCUT2D eigenvalue weighted by Gasteiger charge is -2.28. The van der Waals surface area contributed by atoms with Crippen molar-refractivity contribution in [3.05, 3.63) is 53.5 Å². The highest BCUT2D eigenvalue weighted by atomic mass is 16.6. The van der Waals surface area contributed by atoms with Crippen LogP contribution in [0.2, 0.25) is 0 Å². The highest BCUT2D eigenvalue weighted by Crippen LogP contribution is 2.32. The maximum Gasteiger partial charge on any atom is 0.329 e. The fraction of sp³-hybridized carbons (Fsp3) is 0.333. The predicted molar refractivity (Wildman–Crippen MR) is 85.4 cm³/mol. The summed E-state index contributed by atoms with van der Waals surface area (Å²) in [5.41, 5.74) is 2.60. The number of para-hydroxylation sites is 1. The van der Waals surface area contributed by atoms with E-state index < -0.39 is 6.04 Å². The number of amides is 1. The zero-order valence-electron chi connectivity index (χ0n) is 13.4.